The van der Waals surface area contributed by atoms with Crippen molar-refractivity contribution >= 4 is 0 Å². The molecule has 1 atom stereocenters. The van der Waals surface area contributed by atoms with E-state index in [9.17, 15) is 5.11 Å². The van der Waals surface area contributed by atoms with Crippen molar-refractivity contribution in [3.05, 3.63) is 10.4 Å². The zero-order valence-electron chi connectivity index (χ0n) is 4.03. The Hall–Kier alpha value is -0.730. The third kappa shape index (κ3) is 3.09. The highest BCUT2D eigenvalue weighted by atomic mass is 16.3. The summed E-state index contributed by atoms with van der Waals surface area (Å²) in [5.41, 5.74) is 7.69. The van der Waals surface area contributed by atoms with E-state index < -0.39 is 6.04 Å². The van der Waals surface area contributed by atoms with Gasteiger partial charge in [0.1, 0.15) is 0 Å². The lowest BCUT2D eigenvalue weighted by Gasteiger charge is -1.89. The Bertz CT molecular complexity index is 86.2. The first-order valence-corrected chi connectivity index (χ1v) is 1.93. The average Bonchev–Trinajstić information content (AvgIpc) is 1.68. The van der Waals surface area contributed by atoms with Crippen LogP contribution in [0.15, 0.2) is 5.11 Å². The van der Waals surface area contributed by atoms with Crippen molar-refractivity contribution in [3.63, 3.8) is 0 Å². The molecule has 0 aliphatic carbocycles. The highest BCUT2D eigenvalue weighted by molar-refractivity contribution is 4.55. The Morgan fingerprint density at radius 2 is 2.57 bits per heavy atom. The van der Waals surface area contributed by atoms with Crippen molar-refractivity contribution in [2.45, 2.75) is 13.0 Å². The van der Waals surface area contributed by atoms with Crippen LogP contribution in [0.2, 0.25) is 0 Å². The molecule has 4 heteroatoms. The molecule has 0 rings (SSSR count). The fourth-order valence-electron chi connectivity index (χ4n) is 0.121. The maximum absolute atomic E-state index is 9.75. The van der Waals surface area contributed by atoms with E-state index in [2.05, 4.69) is 10.0 Å². The molecule has 0 aromatic carbocycles. The number of hydrogen-bond donors (Lipinski definition) is 0. The van der Waals surface area contributed by atoms with Gasteiger partial charge in [0.05, 0.1) is 12.6 Å². The SMILES string of the molecule is CC(C[O])N=[N+]=[N-]. The summed E-state index contributed by atoms with van der Waals surface area (Å²) in [4.78, 5) is 2.43. The minimum absolute atomic E-state index is 0.329. The number of hydrogen-bond acceptors (Lipinski definition) is 1. The van der Waals surface area contributed by atoms with E-state index >= 15 is 0 Å². The second kappa shape index (κ2) is 3.46. The molecule has 0 saturated carbocycles. The van der Waals surface area contributed by atoms with Gasteiger partial charge in [0.25, 0.3) is 0 Å². The minimum Gasteiger partial charge on any atom is -0.236 e. The molecule has 1 unspecified atom stereocenters. The van der Waals surface area contributed by atoms with Gasteiger partial charge < -0.3 is 0 Å². The van der Waals surface area contributed by atoms with Crippen LogP contribution in [-0.2, 0) is 5.11 Å². The van der Waals surface area contributed by atoms with Gasteiger partial charge in [-0.15, -0.1) is 0 Å². The number of azide groups is 1. The van der Waals surface area contributed by atoms with Crippen molar-refractivity contribution in [2.75, 3.05) is 6.61 Å². The van der Waals surface area contributed by atoms with Gasteiger partial charge in [-0.3, -0.25) is 0 Å². The molecule has 7 heavy (non-hydrogen) atoms. The van der Waals surface area contributed by atoms with Crippen LogP contribution in [0.3, 0.4) is 0 Å². The Labute approximate surface area is 41.4 Å². The summed E-state index contributed by atoms with van der Waals surface area (Å²) in [6.45, 7) is 1.25. The average molecular weight is 100 g/mol. The highest BCUT2D eigenvalue weighted by Crippen LogP contribution is 1.84. The molecule has 0 N–H and O–H groups in total. The minimum atomic E-state index is -0.398. The van der Waals surface area contributed by atoms with Gasteiger partial charge in [-0.2, -0.15) is 0 Å². The lowest BCUT2D eigenvalue weighted by molar-refractivity contribution is 0.178. The van der Waals surface area contributed by atoms with E-state index in [4.69, 9.17) is 5.53 Å². The summed E-state index contributed by atoms with van der Waals surface area (Å²) < 4.78 is 0. The second-order valence-corrected chi connectivity index (χ2v) is 1.22. The first-order valence-electron chi connectivity index (χ1n) is 1.93. The molecule has 0 spiro atoms. The van der Waals surface area contributed by atoms with Crippen molar-refractivity contribution < 1.29 is 5.11 Å². The van der Waals surface area contributed by atoms with Crippen molar-refractivity contribution in [3.8, 4) is 0 Å². The zero-order valence-corrected chi connectivity index (χ0v) is 4.03. The van der Waals surface area contributed by atoms with Crippen LogP contribution in [0, 0.1) is 0 Å². The summed E-state index contributed by atoms with van der Waals surface area (Å²) in [5, 5.41) is 12.9. The standard InChI is InChI=1S/C3H6N3O/c1-3(2-7)5-6-4/h3H,2H2,1H3. The van der Waals surface area contributed by atoms with Gasteiger partial charge in [-0.25, -0.2) is 5.11 Å². The van der Waals surface area contributed by atoms with Gasteiger partial charge in [-0.1, -0.05) is 12.0 Å². The third-order valence-corrected chi connectivity index (χ3v) is 0.490. The van der Waals surface area contributed by atoms with Crippen molar-refractivity contribution in [1.82, 2.24) is 0 Å². The summed E-state index contributed by atoms with van der Waals surface area (Å²) in [5.74, 6) is 0. The summed E-state index contributed by atoms with van der Waals surface area (Å²) in [6.07, 6.45) is 0. The van der Waals surface area contributed by atoms with Crippen LogP contribution in [0.5, 0.6) is 0 Å². The van der Waals surface area contributed by atoms with Crippen molar-refractivity contribution in [2.24, 2.45) is 5.11 Å². The summed E-state index contributed by atoms with van der Waals surface area (Å²) in [6, 6.07) is -0.398. The lowest BCUT2D eigenvalue weighted by Crippen LogP contribution is -1.99. The van der Waals surface area contributed by atoms with Gasteiger partial charge in [0, 0.05) is 4.91 Å². The van der Waals surface area contributed by atoms with Gasteiger partial charge in [0.2, 0.25) is 0 Å². The largest absolute Gasteiger partial charge is 0.236 e. The number of nitrogens with zero attached hydrogens (tertiary/aromatic N) is 3. The molecule has 0 heterocycles. The Balaban J connectivity index is 3.35. The predicted molar refractivity (Wildman–Crippen MR) is 24.2 cm³/mol. The Morgan fingerprint density at radius 3 is 2.71 bits per heavy atom. The van der Waals surface area contributed by atoms with Crippen LogP contribution in [0.25, 0.3) is 10.4 Å². The maximum Gasteiger partial charge on any atom is 0.0904 e. The van der Waals surface area contributed by atoms with E-state index in [0.29, 0.717) is 0 Å². The van der Waals surface area contributed by atoms with E-state index in [0.717, 1.165) is 0 Å². The molecule has 0 aliphatic heterocycles. The Morgan fingerprint density at radius 1 is 2.00 bits per heavy atom. The lowest BCUT2D eigenvalue weighted by atomic mass is 10.4. The molecular weight excluding hydrogens is 94.1 g/mol. The molecule has 0 aliphatic rings. The zero-order chi connectivity index (χ0) is 5.70. The molecule has 0 bridgehead atoms. The highest BCUT2D eigenvalue weighted by Gasteiger charge is 1.91. The molecule has 39 valence electrons. The predicted octanol–water partition coefficient (Wildman–Crippen LogP) is 1.12. The third-order valence-electron chi connectivity index (χ3n) is 0.490. The molecule has 0 saturated heterocycles. The second-order valence-electron chi connectivity index (χ2n) is 1.22. The molecule has 1 radical (unpaired) electrons. The molecule has 0 amide bonds. The van der Waals surface area contributed by atoms with Crippen LogP contribution in [-0.4, -0.2) is 12.6 Å². The molecule has 0 aromatic rings. The van der Waals surface area contributed by atoms with Crippen LogP contribution >= 0.6 is 0 Å². The quantitative estimate of drug-likeness (QED) is 0.283. The van der Waals surface area contributed by atoms with Gasteiger partial charge in [-0.05, 0) is 5.53 Å². The Kier molecular flexibility index (Phi) is 3.10. The topological polar surface area (TPSA) is 68.7 Å². The molecule has 4 nitrogen and oxygen atoms in total. The monoisotopic (exact) mass is 100 g/mol. The molecule has 0 aromatic heterocycles. The van der Waals surface area contributed by atoms with E-state index in [1.807, 2.05) is 0 Å². The van der Waals surface area contributed by atoms with Crippen LogP contribution in [0.1, 0.15) is 6.92 Å². The molecular formula is C3H6N3O. The van der Waals surface area contributed by atoms with E-state index in [-0.39, 0.29) is 6.61 Å². The van der Waals surface area contributed by atoms with Gasteiger partial charge >= 0.3 is 0 Å². The van der Waals surface area contributed by atoms with Gasteiger partial charge in [0.15, 0.2) is 0 Å². The van der Waals surface area contributed by atoms with E-state index in [1.54, 1.807) is 6.92 Å². The first kappa shape index (κ1) is 6.27. The normalized spacial score (nSPS) is 12.3. The fourth-order valence-corrected chi connectivity index (χ4v) is 0.121. The summed E-state index contributed by atoms with van der Waals surface area (Å²) in [7, 11) is 0. The summed E-state index contributed by atoms with van der Waals surface area (Å²) >= 11 is 0. The fraction of sp³-hybridized carbons (Fsp3) is 1.00. The number of rotatable bonds is 2. The smallest absolute Gasteiger partial charge is 0.0904 e. The van der Waals surface area contributed by atoms with Crippen LogP contribution < -0.4 is 0 Å². The first-order chi connectivity index (χ1) is 3.31. The molecule has 0 fully saturated rings. The maximum atomic E-state index is 9.75. The van der Waals surface area contributed by atoms with E-state index in [1.165, 1.54) is 0 Å². The van der Waals surface area contributed by atoms with Crippen LogP contribution in [0.4, 0.5) is 0 Å². The van der Waals surface area contributed by atoms with Crippen molar-refractivity contribution in [1.29, 1.82) is 0 Å².